The average molecular weight is 240 g/mol. The first kappa shape index (κ1) is 13.2. The Morgan fingerprint density at radius 2 is 2.18 bits per heavy atom. The number of aryl methyl sites for hydroxylation is 1. The maximum atomic E-state index is 11.7. The van der Waals surface area contributed by atoms with Crippen LogP contribution in [0, 0.1) is 12.8 Å². The number of hydrogen-bond donors (Lipinski definition) is 2. The number of aliphatic carboxylic acids is 1. The van der Waals surface area contributed by atoms with Crippen LogP contribution in [0.5, 0.6) is 0 Å². The van der Waals surface area contributed by atoms with Gasteiger partial charge >= 0.3 is 5.97 Å². The fraction of sp³-hybridized carbons (Fsp3) is 0.545. The van der Waals surface area contributed by atoms with Crippen molar-refractivity contribution in [3.63, 3.8) is 0 Å². The molecule has 17 heavy (non-hydrogen) atoms. The van der Waals surface area contributed by atoms with E-state index in [4.69, 9.17) is 9.63 Å². The largest absolute Gasteiger partial charge is 0.480 e. The van der Waals surface area contributed by atoms with Crippen molar-refractivity contribution in [3.05, 3.63) is 17.5 Å². The summed E-state index contributed by atoms with van der Waals surface area (Å²) in [6.45, 7) is 5.45. The van der Waals surface area contributed by atoms with Gasteiger partial charge in [-0.3, -0.25) is 4.79 Å². The number of amides is 1. The van der Waals surface area contributed by atoms with Crippen LogP contribution in [0.3, 0.4) is 0 Å². The molecule has 0 spiro atoms. The minimum atomic E-state index is -1.05. The highest BCUT2D eigenvalue weighted by Gasteiger charge is 2.24. The van der Waals surface area contributed by atoms with Crippen LogP contribution in [0.25, 0.3) is 0 Å². The van der Waals surface area contributed by atoms with Crippen molar-refractivity contribution < 1.29 is 19.2 Å². The number of nitrogens with zero attached hydrogens (tertiary/aromatic N) is 1. The van der Waals surface area contributed by atoms with Crippen molar-refractivity contribution in [2.24, 2.45) is 5.92 Å². The van der Waals surface area contributed by atoms with Crippen LogP contribution in [0.15, 0.2) is 10.7 Å². The first-order valence-corrected chi connectivity index (χ1v) is 5.36. The van der Waals surface area contributed by atoms with Crippen LogP contribution in [-0.2, 0) is 4.79 Å². The van der Waals surface area contributed by atoms with Crippen molar-refractivity contribution >= 4 is 11.9 Å². The summed E-state index contributed by atoms with van der Waals surface area (Å²) in [5.74, 6) is -1.37. The van der Waals surface area contributed by atoms with Crippen molar-refractivity contribution in [1.82, 2.24) is 10.5 Å². The molecule has 0 saturated heterocycles. The van der Waals surface area contributed by atoms with Crippen LogP contribution in [0.1, 0.15) is 36.4 Å². The predicted molar refractivity (Wildman–Crippen MR) is 59.6 cm³/mol. The van der Waals surface area contributed by atoms with E-state index in [0.717, 1.165) is 0 Å². The second-order valence-corrected chi connectivity index (χ2v) is 4.33. The van der Waals surface area contributed by atoms with Crippen LogP contribution in [0.2, 0.25) is 0 Å². The molecule has 1 heterocycles. The summed E-state index contributed by atoms with van der Waals surface area (Å²) in [4.78, 5) is 22.7. The molecule has 1 rings (SSSR count). The molecule has 0 fully saturated rings. The summed E-state index contributed by atoms with van der Waals surface area (Å²) in [5.41, 5.74) is 0.580. The molecule has 0 unspecified atom stereocenters. The number of hydrogen-bond acceptors (Lipinski definition) is 4. The third-order valence-electron chi connectivity index (χ3n) is 2.27. The van der Waals surface area contributed by atoms with Gasteiger partial charge in [0.05, 0.1) is 6.20 Å². The lowest BCUT2D eigenvalue weighted by Gasteiger charge is -2.15. The summed E-state index contributed by atoms with van der Waals surface area (Å²) in [6, 6.07) is -0.910. The lowest BCUT2D eigenvalue weighted by atomic mass is 10.0. The third-order valence-corrected chi connectivity index (χ3v) is 2.27. The van der Waals surface area contributed by atoms with E-state index in [9.17, 15) is 9.59 Å². The molecule has 1 amide bonds. The number of carboxylic acids is 1. The Bertz CT molecular complexity index is 411. The Hall–Kier alpha value is -1.85. The minimum absolute atomic E-state index is 0.0556. The first-order valence-electron chi connectivity index (χ1n) is 5.36. The van der Waals surface area contributed by atoms with E-state index < -0.39 is 17.9 Å². The van der Waals surface area contributed by atoms with Gasteiger partial charge in [-0.15, -0.1) is 0 Å². The molecule has 0 aliphatic rings. The maximum Gasteiger partial charge on any atom is 0.326 e. The van der Waals surface area contributed by atoms with E-state index in [1.807, 2.05) is 13.8 Å². The van der Waals surface area contributed by atoms with Gasteiger partial charge in [0.2, 0.25) is 5.76 Å². The molecule has 0 bridgehead atoms. The van der Waals surface area contributed by atoms with Crippen LogP contribution in [-0.4, -0.2) is 28.2 Å². The zero-order valence-electron chi connectivity index (χ0n) is 10.1. The molecule has 2 N–H and O–H groups in total. The zero-order chi connectivity index (χ0) is 13.0. The molecule has 0 saturated carbocycles. The van der Waals surface area contributed by atoms with E-state index >= 15 is 0 Å². The van der Waals surface area contributed by atoms with Crippen molar-refractivity contribution in [2.45, 2.75) is 33.2 Å². The third kappa shape index (κ3) is 3.58. The standard InChI is InChI=1S/C11H16N2O4/c1-6(2)4-8(11(15)16)13-10(14)9-7(3)5-12-17-9/h5-6,8H,4H2,1-3H3,(H,13,14)(H,15,16)/t8-/m0/s1. The lowest BCUT2D eigenvalue weighted by molar-refractivity contribution is -0.139. The Morgan fingerprint density at radius 1 is 1.53 bits per heavy atom. The SMILES string of the molecule is Cc1cnoc1C(=O)N[C@@H](CC(C)C)C(=O)O. The van der Waals surface area contributed by atoms with E-state index in [2.05, 4.69) is 10.5 Å². The number of carboxylic acid groups (broad SMARTS) is 1. The monoisotopic (exact) mass is 240 g/mol. The van der Waals surface area contributed by atoms with Gasteiger partial charge in [0, 0.05) is 5.56 Å². The Kier molecular flexibility index (Phi) is 4.25. The predicted octanol–water partition coefficient (Wildman–Crippen LogP) is 1.21. The molecule has 1 aromatic heterocycles. The van der Waals surface area contributed by atoms with E-state index in [1.165, 1.54) is 6.20 Å². The topological polar surface area (TPSA) is 92.4 Å². The van der Waals surface area contributed by atoms with Gasteiger partial charge in [-0.1, -0.05) is 19.0 Å². The average Bonchev–Trinajstić information content (AvgIpc) is 2.62. The fourth-order valence-corrected chi connectivity index (χ4v) is 1.43. The van der Waals surface area contributed by atoms with Gasteiger partial charge in [0.15, 0.2) is 0 Å². The number of carbonyl (C=O) groups excluding carboxylic acids is 1. The Labute approximate surface area is 99.0 Å². The van der Waals surface area contributed by atoms with Crippen molar-refractivity contribution in [2.75, 3.05) is 0 Å². The normalized spacial score (nSPS) is 12.5. The molecule has 1 atom stereocenters. The molecule has 1 aromatic rings. The summed E-state index contributed by atoms with van der Waals surface area (Å²) in [7, 11) is 0. The van der Waals surface area contributed by atoms with Gasteiger partial charge in [0.1, 0.15) is 6.04 Å². The van der Waals surface area contributed by atoms with Crippen LogP contribution in [0.4, 0.5) is 0 Å². The molecule has 0 radical (unpaired) electrons. The summed E-state index contributed by atoms with van der Waals surface area (Å²) in [5, 5.41) is 14.9. The molecule has 94 valence electrons. The number of nitrogens with one attached hydrogen (secondary N) is 1. The summed E-state index contributed by atoms with van der Waals surface area (Å²) < 4.78 is 4.76. The molecular weight excluding hydrogens is 224 g/mol. The van der Waals surface area contributed by atoms with Crippen LogP contribution >= 0.6 is 0 Å². The zero-order valence-corrected chi connectivity index (χ0v) is 10.1. The van der Waals surface area contributed by atoms with Crippen molar-refractivity contribution in [3.8, 4) is 0 Å². The van der Waals surface area contributed by atoms with E-state index in [0.29, 0.717) is 12.0 Å². The Morgan fingerprint density at radius 3 is 2.59 bits per heavy atom. The number of rotatable bonds is 5. The molecule has 0 aliphatic heterocycles. The second kappa shape index (κ2) is 5.47. The second-order valence-electron chi connectivity index (χ2n) is 4.33. The van der Waals surface area contributed by atoms with Gasteiger partial charge in [-0.05, 0) is 19.3 Å². The number of aromatic nitrogens is 1. The minimum Gasteiger partial charge on any atom is -0.480 e. The highest BCUT2D eigenvalue weighted by atomic mass is 16.5. The first-order chi connectivity index (χ1) is 7.91. The fourth-order valence-electron chi connectivity index (χ4n) is 1.43. The van der Waals surface area contributed by atoms with Gasteiger partial charge in [-0.2, -0.15) is 0 Å². The van der Waals surface area contributed by atoms with E-state index in [-0.39, 0.29) is 11.7 Å². The molecule has 6 nitrogen and oxygen atoms in total. The highest BCUT2D eigenvalue weighted by Crippen LogP contribution is 2.09. The van der Waals surface area contributed by atoms with Gasteiger partial charge in [-0.25, -0.2) is 4.79 Å². The van der Waals surface area contributed by atoms with Crippen LogP contribution < -0.4 is 5.32 Å². The van der Waals surface area contributed by atoms with Gasteiger partial charge in [0.25, 0.3) is 5.91 Å². The number of carbonyl (C=O) groups is 2. The lowest BCUT2D eigenvalue weighted by Crippen LogP contribution is -2.41. The summed E-state index contributed by atoms with van der Waals surface area (Å²) >= 11 is 0. The maximum absolute atomic E-state index is 11.7. The smallest absolute Gasteiger partial charge is 0.326 e. The van der Waals surface area contributed by atoms with Gasteiger partial charge < -0.3 is 14.9 Å². The van der Waals surface area contributed by atoms with E-state index in [1.54, 1.807) is 6.92 Å². The highest BCUT2D eigenvalue weighted by molar-refractivity contribution is 5.95. The van der Waals surface area contributed by atoms with Crippen molar-refractivity contribution in [1.29, 1.82) is 0 Å². The molecular formula is C11H16N2O4. The quantitative estimate of drug-likeness (QED) is 0.807. The Balaban J connectivity index is 2.71. The summed E-state index contributed by atoms with van der Waals surface area (Å²) in [6.07, 6.45) is 1.78. The molecule has 0 aromatic carbocycles. The molecule has 6 heteroatoms. The molecule has 0 aliphatic carbocycles.